The van der Waals surface area contributed by atoms with Crippen LogP contribution in [0, 0.1) is 0 Å². The topological polar surface area (TPSA) is 62.2 Å². The Labute approximate surface area is 76.4 Å². The first kappa shape index (κ1) is 10.3. The molecule has 0 atom stereocenters. The molecule has 2 N–H and O–H groups in total. The van der Waals surface area contributed by atoms with Crippen LogP contribution in [-0.2, 0) is 6.18 Å². The molecule has 0 aliphatic rings. The molecule has 76 valence electrons. The number of rotatable bonds is 1. The maximum absolute atomic E-state index is 12.0. The monoisotopic (exact) mass is 206 g/mol. The number of hydrogen-bond donors (Lipinski definition) is 2. The van der Waals surface area contributed by atoms with Crippen LogP contribution in [0.5, 0.6) is 0 Å². The molecule has 14 heavy (non-hydrogen) atoms. The molecule has 0 bridgehead atoms. The molecule has 4 nitrogen and oxygen atoms in total. The molecule has 1 aromatic rings. The molecule has 1 heterocycles. The van der Waals surface area contributed by atoms with Crippen LogP contribution in [0.2, 0.25) is 0 Å². The fourth-order valence-corrected chi connectivity index (χ4v) is 0.745. The molecule has 0 fully saturated rings. The van der Waals surface area contributed by atoms with E-state index < -0.39 is 17.8 Å². The molecular formula is C7H5F3N2O2. The van der Waals surface area contributed by atoms with Crippen molar-refractivity contribution in [2.45, 2.75) is 6.18 Å². The number of amides is 1. The number of nitrogens with one attached hydrogen (secondary N) is 1. The quantitative estimate of drug-likeness (QED) is 0.740. The molecule has 1 amide bonds. The van der Waals surface area contributed by atoms with E-state index in [0.29, 0.717) is 6.20 Å². The molecule has 0 saturated heterocycles. The summed E-state index contributed by atoms with van der Waals surface area (Å²) in [6.07, 6.45) is -5.28. The number of hydrogen-bond acceptors (Lipinski definition) is 2. The van der Waals surface area contributed by atoms with E-state index in [1.54, 1.807) is 0 Å². The van der Waals surface area contributed by atoms with Gasteiger partial charge in [0.15, 0.2) is 0 Å². The minimum Gasteiger partial charge on any atom is -0.465 e. The van der Waals surface area contributed by atoms with Crippen LogP contribution in [0.15, 0.2) is 18.3 Å². The number of alkyl halides is 3. The van der Waals surface area contributed by atoms with Crippen molar-refractivity contribution in [2.75, 3.05) is 5.32 Å². The Morgan fingerprint density at radius 1 is 1.43 bits per heavy atom. The number of pyridine rings is 1. The van der Waals surface area contributed by atoms with Crippen molar-refractivity contribution in [1.82, 2.24) is 4.98 Å². The minimum atomic E-state index is -4.46. The maximum atomic E-state index is 12.0. The number of halogens is 3. The summed E-state index contributed by atoms with van der Waals surface area (Å²) >= 11 is 0. The van der Waals surface area contributed by atoms with Crippen molar-refractivity contribution in [3.63, 3.8) is 0 Å². The van der Waals surface area contributed by atoms with Gasteiger partial charge in [-0.1, -0.05) is 0 Å². The highest BCUT2D eigenvalue weighted by Crippen LogP contribution is 2.28. The van der Waals surface area contributed by atoms with E-state index in [1.807, 2.05) is 5.32 Å². The number of anilines is 1. The summed E-state index contributed by atoms with van der Waals surface area (Å²) in [6.45, 7) is 0. The van der Waals surface area contributed by atoms with Crippen LogP contribution in [0.3, 0.4) is 0 Å². The molecule has 0 aliphatic heterocycles. The Morgan fingerprint density at radius 2 is 2.07 bits per heavy atom. The lowest BCUT2D eigenvalue weighted by atomic mass is 10.3. The zero-order valence-corrected chi connectivity index (χ0v) is 6.67. The van der Waals surface area contributed by atoms with Gasteiger partial charge < -0.3 is 5.11 Å². The van der Waals surface area contributed by atoms with Crippen LogP contribution >= 0.6 is 0 Å². The number of carbonyl (C=O) groups is 1. The number of carboxylic acid groups (broad SMARTS) is 1. The third-order valence-corrected chi connectivity index (χ3v) is 1.33. The van der Waals surface area contributed by atoms with Crippen molar-refractivity contribution in [3.05, 3.63) is 23.9 Å². The fraction of sp³-hybridized carbons (Fsp3) is 0.143. The second kappa shape index (κ2) is 3.52. The van der Waals surface area contributed by atoms with Crippen molar-refractivity contribution in [1.29, 1.82) is 0 Å². The van der Waals surface area contributed by atoms with Gasteiger partial charge in [-0.05, 0) is 12.1 Å². The van der Waals surface area contributed by atoms with Gasteiger partial charge in [0.2, 0.25) is 0 Å². The van der Waals surface area contributed by atoms with Crippen molar-refractivity contribution in [2.24, 2.45) is 0 Å². The van der Waals surface area contributed by atoms with Crippen LogP contribution in [0.4, 0.5) is 23.8 Å². The lowest BCUT2D eigenvalue weighted by molar-refractivity contribution is -0.137. The van der Waals surface area contributed by atoms with Gasteiger partial charge in [-0.3, -0.25) is 5.32 Å². The van der Waals surface area contributed by atoms with E-state index in [2.05, 4.69) is 4.98 Å². The molecule has 0 spiro atoms. The second-order valence-corrected chi connectivity index (χ2v) is 2.36. The van der Waals surface area contributed by atoms with E-state index in [1.165, 1.54) is 0 Å². The molecular weight excluding hydrogens is 201 g/mol. The number of aromatic nitrogens is 1. The summed E-state index contributed by atoms with van der Waals surface area (Å²) in [5, 5.41) is 10.0. The predicted molar refractivity (Wildman–Crippen MR) is 40.9 cm³/mol. The highest BCUT2D eigenvalue weighted by Gasteiger charge is 2.30. The SMILES string of the molecule is O=C(O)Nc1ccc(C(F)(F)F)cn1. The molecule has 1 rings (SSSR count). The first-order valence-electron chi connectivity index (χ1n) is 3.43. The lowest BCUT2D eigenvalue weighted by Gasteiger charge is -2.06. The zero-order valence-electron chi connectivity index (χ0n) is 6.67. The van der Waals surface area contributed by atoms with E-state index in [-0.39, 0.29) is 5.82 Å². The van der Waals surface area contributed by atoms with Gasteiger partial charge in [-0.25, -0.2) is 9.78 Å². The van der Waals surface area contributed by atoms with Crippen molar-refractivity contribution < 1.29 is 23.1 Å². The van der Waals surface area contributed by atoms with E-state index in [0.717, 1.165) is 12.1 Å². The molecule has 0 radical (unpaired) electrons. The molecule has 1 aromatic heterocycles. The van der Waals surface area contributed by atoms with Crippen LogP contribution < -0.4 is 5.32 Å². The second-order valence-electron chi connectivity index (χ2n) is 2.36. The zero-order chi connectivity index (χ0) is 10.8. The Bertz CT molecular complexity index is 334. The maximum Gasteiger partial charge on any atom is 0.417 e. The molecule has 0 aromatic carbocycles. The Balaban J connectivity index is 2.84. The van der Waals surface area contributed by atoms with E-state index >= 15 is 0 Å². The molecule has 0 saturated carbocycles. The number of nitrogens with zero attached hydrogens (tertiary/aromatic N) is 1. The Hall–Kier alpha value is -1.79. The normalized spacial score (nSPS) is 11.1. The highest BCUT2D eigenvalue weighted by molar-refractivity contribution is 5.81. The predicted octanol–water partition coefficient (Wildman–Crippen LogP) is 2.19. The van der Waals surface area contributed by atoms with Gasteiger partial charge in [-0.15, -0.1) is 0 Å². The standard InChI is InChI=1S/C7H5F3N2O2/c8-7(9,10)4-1-2-5(11-3-4)12-6(13)14/h1-3H,(H,11,12)(H,13,14). The van der Waals surface area contributed by atoms with E-state index in [4.69, 9.17) is 5.11 Å². The average molecular weight is 206 g/mol. The summed E-state index contributed by atoms with van der Waals surface area (Å²) in [4.78, 5) is 13.4. The fourth-order valence-electron chi connectivity index (χ4n) is 0.745. The highest BCUT2D eigenvalue weighted by atomic mass is 19.4. The van der Waals surface area contributed by atoms with Gasteiger partial charge in [0.1, 0.15) is 5.82 Å². The lowest BCUT2D eigenvalue weighted by Crippen LogP contribution is -2.10. The summed E-state index contributed by atoms with van der Waals surface area (Å²) in [5.41, 5.74) is -0.923. The summed E-state index contributed by atoms with van der Waals surface area (Å²) < 4.78 is 36.0. The van der Waals surface area contributed by atoms with Crippen LogP contribution in [0.1, 0.15) is 5.56 Å². The first-order chi connectivity index (χ1) is 6.39. The van der Waals surface area contributed by atoms with Gasteiger partial charge in [0.25, 0.3) is 0 Å². The first-order valence-corrected chi connectivity index (χ1v) is 3.43. The summed E-state index contributed by atoms with van der Waals surface area (Å²) in [7, 11) is 0. The third kappa shape index (κ3) is 2.61. The third-order valence-electron chi connectivity index (χ3n) is 1.33. The summed E-state index contributed by atoms with van der Waals surface area (Å²) in [5.74, 6) is -0.148. The largest absolute Gasteiger partial charge is 0.465 e. The summed E-state index contributed by atoms with van der Waals surface area (Å²) in [6, 6.07) is 1.69. The molecule has 7 heteroatoms. The van der Waals surface area contributed by atoms with Crippen LogP contribution in [-0.4, -0.2) is 16.2 Å². The van der Waals surface area contributed by atoms with E-state index in [9.17, 15) is 18.0 Å². The van der Waals surface area contributed by atoms with Gasteiger partial charge in [-0.2, -0.15) is 13.2 Å². The Kier molecular flexibility index (Phi) is 2.59. The van der Waals surface area contributed by atoms with Crippen LogP contribution in [0.25, 0.3) is 0 Å². The van der Waals surface area contributed by atoms with Gasteiger partial charge in [0, 0.05) is 6.20 Å². The average Bonchev–Trinajstić information content (AvgIpc) is 2.02. The van der Waals surface area contributed by atoms with Crippen molar-refractivity contribution in [3.8, 4) is 0 Å². The van der Waals surface area contributed by atoms with Gasteiger partial charge in [0.05, 0.1) is 5.56 Å². The molecule has 0 unspecified atom stereocenters. The molecule has 0 aliphatic carbocycles. The smallest absolute Gasteiger partial charge is 0.417 e. The van der Waals surface area contributed by atoms with Crippen molar-refractivity contribution >= 4 is 11.9 Å². The Morgan fingerprint density at radius 3 is 2.43 bits per heavy atom. The van der Waals surface area contributed by atoms with Gasteiger partial charge >= 0.3 is 12.3 Å². The minimum absolute atomic E-state index is 0.148.